The van der Waals surface area contributed by atoms with Gasteiger partial charge in [-0.15, -0.1) is 0 Å². The number of amides is 2. The molecule has 0 radical (unpaired) electrons. The molecule has 0 aliphatic rings. The minimum absolute atomic E-state index is 0.0541. The Bertz CT molecular complexity index is 214. The fourth-order valence-electron chi connectivity index (χ4n) is 1.01. The fourth-order valence-corrected chi connectivity index (χ4v) is 1.01. The van der Waals surface area contributed by atoms with E-state index >= 15 is 0 Å². The normalized spacial score (nSPS) is 12.4. The van der Waals surface area contributed by atoms with E-state index in [1.807, 2.05) is 13.8 Å². The monoisotopic (exact) mass is 201 g/mol. The first kappa shape index (κ1) is 12.9. The van der Waals surface area contributed by atoms with E-state index in [4.69, 9.17) is 5.73 Å². The second kappa shape index (κ2) is 5.59. The standard InChI is InChI=1S/C9H19N3O2/c1-6(2)11-8(13)5-12(4)9(14)7(3)10/h6-7H,5,10H2,1-4H3,(H,11,13). The summed E-state index contributed by atoms with van der Waals surface area (Å²) in [6.45, 7) is 5.38. The minimum atomic E-state index is -0.563. The van der Waals surface area contributed by atoms with E-state index in [1.165, 1.54) is 4.90 Å². The van der Waals surface area contributed by atoms with Crippen LogP contribution in [0.1, 0.15) is 20.8 Å². The van der Waals surface area contributed by atoms with Gasteiger partial charge in [0.25, 0.3) is 0 Å². The Labute approximate surface area is 84.6 Å². The zero-order valence-corrected chi connectivity index (χ0v) is 9.20. The molecule has 14 heavy (non-hydrogen) atoms. The molecule has 0 spiro atoms. The van der Waals surface area contributed by atoms with E-state index in [0.717, 1.165) is 0 Å². The van der Waals surface area contributed by atoms with Crippen LogP contribution in [0.15, 0.2) is 0 Å². The molecule has 5 heteroatoms. The van der Waals surface area contributed by atoms with Gasteiger partial charge in [0.15, 0.2) is 0 Å². The first-order chi connectivity index (χ1) is 6.34. The Kier molecular flexibility index (Phi) is 5.15. The second-order valence-electron chi connectivity index (χ2n) is 3.71. The third-order valence-electron chi connectivity index (χ3n) is 1.60. The molecule has 1 atom stereocenters. The maximum Gasteiger partial charge on any atom is 0.239 e. The van der Waals surface area contributed by atoms with E-state index in [2.05, 4.69) is 5.32 Å². The van der Waals surface area contributed by atoms with Crippen LogP contribution in [-0.2, 0) is 9.59 Å². The molecule has 5 nitrogen and oxygen atoms in total. The van der Waals surface area contributed by atoms with E-state index in [9.17, 15) is 9.59 Å². The summed E-state index contributed by atoms with van der Waals surface area (Å²) in [6.07, 6.45) is 0. The van der Waals surface area contributed by atoms with Gasteiger partial charge in [0.05, 0.1) is 12.6 Å². The van der Waals surface area contributed by atoms with Gasteiger partial charge in [0, 0.05) is 13.1 Å². The average Bonchev–Trinajstić information content (AvgIpc) is 2.00. The number of nitrogens with two attached hydrogens (primary N) is 1. The van der Waals surface area contributed by atoms with Crippen molar-refractivity contribution < 1.29 is 9.59 Å². The van der Waals surface area contributed by atoms with Gasteiger partial charge in [-0.25, -0.2) is 0 Å². The zero-order valence-electron chi connectivity index (χ0n) is 9.20. The molecule has 0 heterocycles. The number of hydrogen-bond donors (Lipinski definition) is 2. The van der Waals surface area contributed by atoms with Crippen molar-refractivity contribution in [2.45, 2.75) is 32.9 Å². The molecule has 2 amide bonds. The number of likely N-dealkylation sites (N-methyl/N-ethyl adjacent to an activating group) is 1. The number of hydrogen-bond acceptors (Lipinski definition) is 3. The third-order valence-corrected chi connectivity index (χ3v) is 1.60. The highest BCUT2D eigenvalue weighted by Gasteiger charge is 2.16. The lowest BCUT2D eigenvalue weighted by molar-refractivity contribution is -0.135. The quantitative estimate of drug-likeness (QED) is 0.632. The highest BCUT2D eigenvalue weighted by atomic mass is 16.2. The molecule has 0 rings (SSSR count). The molecule has 82 valence electrons. The number of carbonyl (C=O) groups excluding carboxylic acids is 2. The van der Waals surface area contributed by atoms with Crippen LogP contribution in [-0.4, -0.2) is 42.4 Å². The van der Waals surface area contributed by atoms with Gasteiger partial charge < -0.3 is 16.0 Å². The summed E-state index contributed by atoms with van der Waals surface area (Å²) < 4.78 is 0. The van der Waals surface area contributed by atoms with Crippen molar-refractivity contribution in [3.05, 3.63) is 0 Å². The zero-order chi connectivity index (χ0) is 11.3. The second-order valence-corrected chi connectivity index (χ2v) is 3.71. The molecule has 0 aromatic rings. The molecule has 0 bridgehead atoms. The van der Waals surface area contributed by atoms with Gasteiger partial charge in [-0.3, -0.25) is 9.59 Å². The van der Waals surface area contributed by atoms with E-state index < -0.39 is 6.04 Å². The number of carbonyl (C=O) groups is 2. The smallest absolute Gasteiger partial charge is 0.239 e. The Morgan fingerprint density at radius 2 is 1.86 bits per heavy atom. The van der Waals surface area contributed by atoms with Crippen molar-refractivity contribution >= 4 is 11.8 Å². The van der Waals surface area contributed by atoms with Crippen LogP contribution in [0, 0.1) is 0 Å². The Balaban J connectivity index is 4.00. The van der Waals surface area contributed by atoms with Crippen LogP contribution in [0.25, 0.3) is 0 Å². The summed E-state index contributed by atoms with van der Waals surface area (Å²) in [5.41, 5.74) is 5.39. The van der Waals surface area contributed by atoms with E-state index in [1.54, 1.807) is 14.0 Å². The first-order valence-corrected chi connectivity index (χ1v) is 4.64. The predicted molar refractivity (Wildman–Crippen MR) is 54.6 cm³/mol. The van der Waals surface area contributed by atoms with Crippen LogP contribution in [0.5, 0.6) is 0 Å². The van der Waals surface area contributed by atoms with Crippen LogP contribution >= 0.6 is 0 Å². The molecule has 0 aromatic heterocycles. The Morgan fingerprint density at radius 1 is 1.36 bits per heavy atom. The number of rotatable bonds is 4. The van der Waals surface area contributed by atoms with Crippen molar-refractivity contribution in [3.8, 4) is 0 Å². The SMILES string of the molecule is CC(C)NC(=O)CN(C)C(=O)C(C)N. The van der Waals surface area contributed by atoms with Gasteiger partial charge in [0.1, 0.15) is 0 Å². The molecule has 1 unspecified atom stereocenters. The molecule has 3 N–H and O–H groups in total. The third kappa shape index (κ3) is 4.81. The van der Waals surface area contributed by atoms with Crippen molar-refractivity contribution in [3.63, 3.8) is 0 Å². The summed E-state index contributed by atoms with van der Waals surface area (Å²) in [5, 5.41) is 2.69. The molecular weight excluding hydrogens is 182 g/mol. The molecule has 0 saturated carbocycles. The molecule has 0 aliphatic heterocycles. The van der Waals surface area contributed by atoms with Gasteiger partial charge in [0.2, 0.25) is 11.8 Å². The fraction of sp³-hybridized carbons (Fsp3) is 0.778. The van der Waals surface area contributed by atoms with Gasteiger partial charge >= 0.3 is 0 Å². The molecule has 0 aromatic carbocycles. The van der Waals surface area contributed by atoms with E-state index in [0.29, 0.717) is 0 Å². The van der Waals surface area contributed by atoms with E-state index in [-0.39, 0.29) is 24.4 Å². The largest absolute Gasteiger partial charge is 0.352 e. The van der Waals surface area contributed by atoms with Gasteiger partial charge in [-0.05, 0) is 20.8 Å². The van der Waals surface area contributed by atoms with Crippen LogP contribution in [0.4, 0.5) is 0 Å². The molecular formula is C9H19N3O2. The maximum atomic E-state index is 11.3. The number of nitrogens with one attached hydrogen (secondary N) is 1. The topological polar surface area (TPSA) is 75.4 Å². The summed E-state index contributed by atoms with van der Waals surface area (Å²) in [7, 11) is 1.56. The van der Waals surface area contributed by atoms with Crippen molar-refractivity contribution in [1.82, 2.24) is 10.2 Å². The lowest BCUT2D eigenvalue weighted by Gasteiger charge is -2.19. The highest BCUT2D eigenvalue weighted by molar-refractivity contribution is 5.87. The van der Waals surface area contributed by atoms with Gasteiger partial charge in [-0.2, -0.15) is 0 Å². The average molecular weight is 201 g/mol. The van der Waals surface area contributed by atoms with Gasteiger partial charge in [-0.1, -0.05) is 0 Å². The van der Waals surface area contributed by atoms with Crippen LogP contribution in [0.3, 0.4) is 0 Å². The maximum absolute atomic E-state index is 11.3. The number of nitrogens with zero attached hydrogens (tertiary/aromatic N) is 1. The molecule has 0 saturated heterocycles. The lowest BCUT2D eigenvalue weighted by atomic mass is 10.3. The summed E-state index contributed by atoms with van der Waals surface area (Å²) in [6, 6.07) is -0.479. The predicted octanol–water partition coefficient (Wildman–Crippen LogP) is -0.683. The summed E-state index contributed by atoms with van der Waals surface area (Å²) in [5.74, 6) is -0.402. The lowest BCUT2D eigenvalue weighted by Crippen LogP contribution is -2.45. The van der Waals surface area contributed by atoms with Crippen LogP contribution in [0.2, 0.25) is 0 Å². The van der Waals surface area contributed by atoms with Crippen molar-refractivity contribution in [2.24, 2.45) is 5.73 Å². The minimum Gasteiger partial charge on any atom is -0.352 e. The van der Waals surface area contributed by atoms with Crippen molar-refractivity contribution in [2.75, 3.05) is 13.6 Å². The molecule has 0 aliphatic carbocycles. The van der Waals surface area contributed by atoms with Crippen molar-refractivity contribution in [1.29, 1.82) is 0 Å². The van der Waals surface area contributed by atoms with Crippen LogP contribution < -0.4 is 11.1 Å². The Hall–Kier alpha value is -1.10. The summed E-state index contributed by atoms with van der Waals surface area (Å²) >= 11 is 0. The first-order valence-electron chi connectivity index (χ1n) is 4.64. The molecule has 0 fully saturated rings. The summed E-state index contributed by atoms with van der Waals surface area (Å²) in [4.78, 5) is 23.9. The highest BCUT2D eigenvalue weighted by Crippen LogP contribution is 1.89. The Morgan fingerprint density at radius 3 is 2.21 bits per heavy atom.